The molecule has 2 rings (SSSR count). The Balaban J connectivity index is 2.19. The van der Waals surface area contributed by atoms with Crippen LogP contribution in [0.3, 0.4) is 0 Å². The molecule has 0 heterocycles. The summed E-state index contributed by atoms with van der Waals surface area (Å²) in [5, 5.41) is 3.25. The summed E-state index contributed by atoms with van der Waals surface area (Å²) < 4.78 is 11.0. The van der Waals surface area contributed by atoms with Crippen molar-refractivity contribution in [1.82, 2.24) is 5.32 Å². The van der Waals surface area contributed by atoms with E-state index >= 15 is 0 Å². The van der Waals surface area contributed by atoms with Gasteiger partial charge in [-0.05, 0) is 42.5 Å². The van der Waals surface area contributed by atoms with Gasteiger partial charge >= 0.3 is 0 Å². The topological polar surface area (TPSA) is 73.6 Å². The third-order valence-electron chi connectivity index (χ3n) is 3.10. The minimum Gasteiger partial charge on any atom is -0.493 e. The molecule has 0 aromatic heterocycles. The Labute approximate surface area is 154 Å². The molecule has 0 aliphatic rings. The number of amides is 1. The van der Waals surface area contributed by atoms with Crippen LogP contribution >= 0.6 is 35.4 Å². The molecule has 0 fully saturated rings. The standard InChI is InChI=1S/C16H14Cl2N2O3S/c1-22-14-7-9(15(21)20-16(19)24)5-6-13(14)23-8-10-11(17)3-2-4-12(10)18/h2-7H,8H2,1H3,(H3,19,20,21,24). The summed E-state index contributed by atoms with van der Waals surface area (Å²) in [7, 11) is 1.47. The zero-order valence-corrected chi connectivity index (χ0v) is 15.0. The van der Waals surface area contributed by atoms with Crippen LogP contribution in [0.5, 0.6) is 11.5 Å². The zero-order chi connectivity index (χ0) is 17.7. The van der Waals surface area contributed by atoms with Crippen molar-refractivity contribution < 1.29 is 14.3 Å². The number of carbonyl (C=O) groups excluding carboxylic acids is 1. The minimum absolute atomic E-state index is 0.104. The van der Waals surface area contributed by atoms with Gasteiger partial charge in [-0.25, -0.2) is 0 Å². The molecule has 8 heteroatoms. The van der Waals surface area contributed by atoms with Gasteiger partial charge < -0.3 is 15.2 Å². The fourth-order valence-corrected chi connectivity index (χ4v) is 2.53. The van der Waals surface area contributed by atoms with Crippen LogP contribution in [-0.2, 0) is 6.61 Å². The molecule has 3 N–H and O–H groups in total. The number of hydrogen-bond donors (Lipinski definition) is 2. The van der Waals surface area contributed by atoms with Gasteiger partial charge in [0.2, 0.25) is 0 Å². The van der Waals surface area contributed by atoms with Crippen molar-refractivity contribution in [3.63, 3.8) is 0 Å². The van der Waals surface area contributed by atoms with E-state index < -0.39 is 5.91 Å². The fourth-order valence-electron chi connectivity index (χ4n) is 1.93. The maximum Gasteiger partial charge on any atom is 0.257 e. The van der Waals surface area contributed by atoms with Crippen LogP contribution < -0.4 is 20.5 Å². The van der Waals surface area contributed by atoms with Crippen molar-refractivity contribution in [2.45, 2.75) is 6.61 Å². The van der Waals surface area contributed by atoms with Crippen LogP contribution in [0.2, 0.25) is 10.0 Å². The van der Waals surface area contributed by atoms with E-state index in [9.17, 15) is 4.79 Å². The van der Waals surface area contributed by atoms with Gasteiger partial charge in [0.1, 0.15) is 6.61 Å². The van der Waals surface area contributed by atoms with E-state index in [2.05, 4.69) is 17.5 Å². The first-order valence-electron chi connectivity index (χ1n) is 6.77. The van der Waals surface area contributed by atoms with E-state index in [1.165, 1.54) is 13.2 Å². The van der Waals surface area contributed by atoms with Gasteiger partial charge in [0.05, 0.1) is 7.11 Å². The number of nitrogens with one attached hydrogen (secondary N) is 1. The number of hydrogen-bond acceptors (Lipinski definition) is 4. The molecule has 24 heavy (non-hydrogen) atoms. The maximum atomic E-state index is 11.9. The highest BCUT2D eigenvalue weighted by Crippen LogP contribution is 2.31. The second-order valence-electron chi connectivity index (χ2n) is 4.67. The van der Waals surface area contributed by atoms with E-state index in [1.807, 2.05) is 0 Å². The summed E-state index contributed by atoms with van der Waals surface area (Å²) >= 11 is 16.9. The molecule has 0 bridgehead atoms. The van der Waals surface area contributed by atoms with Gasteiger partial charge in [-0.2, -0.15) is 0 Å². The second-order valence-corrected chi connectivity index (χ2v) is 5.93. The lowest BCUT2D eigenvalue weighted by molar-refractivity contribution is 0.0977. The van der Waals surface area contributed by atoms with Gasteiger partial charge in [-0.3, -0.25) is 10.1 Å². The first-order chi connectivity index (χ1) is 11.4. The molecular weight excluding hydrogens is 371 g/mol. The van der Waals surface area contributed by atoms with E-state index in [1.54, 1.807) is 30.3 Å². The minimum atomic E-state index is -0.429. The molecule has 126 valence electrons. The predicted octanol–water partition coefficient (Wildman–Crippen LogP) is 3.55. The third-order valence-corrected chi connectivity index (χ3v) is 3.91. The molecule has 0 radical (unpaired) electrons. The predicted molar refractivity (Wildman–Crippen MR) is 98.0 cm³/mol. The average Bonchev–Trinajstić information content (AvgIpc) is 2.53. The van der Waals surface area contributed by atoms with Crippen LogP contribution in [-0.4, -0.2) is 18.1 Å². The highest BCUT2D eigenvalue weighted by atomic mass is 35.5. The lowest BCUT2D eigenvalue weighted by Crippen LogP contribution is -2.34. The molecule has 2 aromatic carbocycles. The number of rotatable bonds is 5. The number of carbonyl (C=O) groups is 1. The molecule has 0 saturated carbocycles. The Morgan fingerprint density at radius 1 is 1.21 bits per heavy atom. The Hall–Kier alpha value is -2.02. The summed E-state index contributed by atoms with van der Waals surface area (Å²) in [4.78, 5) is 11.9. The summed E-state index contributed by atoms with van der Waals surface area (Å²) in [6.45, 7) is 0.160. The Kier molecular flexibility index (Phi) is 6.25. The van der Waals surface area contributed by atoms with Crippen molar-refractivity contribution in [1.29, 1.82) is 0 Å². The number of nitrogens with two attached hydrogens (primary N) is 1. The van der Waals surface area contributed by atoms with Crippen LogP contribution in [0.4, 0.5) is 0 Å². The van der Waals surface area contributed by atoms with Crippen LogP contribution in [0.1, 0.15) is 15.9 Å². The largest absolute Gasteiger partial charge is 0.493 e. The summed E-state index contributed by atoms with van der Waals surface area (Å²) in [5.41, 5.74) is 6.29. The SMILES string of the molecule is COc1cc(C(=O)NC(N)=S)ccc1OCc1c(Cl)cccc1Cl. The average molecular weight is 385 g/mol. The molecule has 0 saturated heterocycles. The van der Waals surface area contributed by atoms with E-state index in [4.69, 9.17) is 38.4 Å². The van der Waals surface area contributed by atoms with Gasteiger partial charge in [-0.15, -0.1) is 0 Å². The van der Waals surface area contributed by atoms with Crippen molar-refractivity contribution in [3.8, 4) is 11.5 Å². The van der Waals surface area contributed by atoms with Crippen LogP contribution in [0, 0.1) is 0 Å². The number of halogens is 2. The van der Waals surface area contributed by atoms with Crippen molar-refractivity contribution in [2.24, 2.45) is 5.73 Å². The number of methoxy groups -OCH3 is 1. The number of thiocarbonyl (C=S) groups is 1. The molecule has 0 aliphatic heterocycles. The van der Waals surface area contributed by atoms with E-state index in [-0.39, 0.29) is 11.7 Å². The Morgan fingerprint density at radius 2 is 1.88 bits per heavy atom. The molecule has 2 aromatic rings. The highest BCUT2D eigenvalue weighted by Gasteiger charge is 2.13. The first-order valence-corrected chi connectivity index (χ1v) is 7.93. The lowest BCUT2D eigenvalue weighted by Gasteiger charge is -2.13. The monoisotopic (exact) mass is 384 g/mol. The fraction of sp³-hybridized carbons (Fsp3) is 0.125. The molecule has 1 amide bonds. The quantitative estimate of drug-likeness (QED) is 0.770. The lowest BCUT2D eigenvalue weighted by atomic mass is 10.2. The van der Waals surface area contributed by atoms with E-state index in [0.29, 0.717) is 32.7 Å². The van der Waals surface area contributed by atoms with E-state index in [0.717, 1.165) is 0 Å². The van der Waals surface area contributed by atoms with Crippen molar-refractivity contribution in [2.75, 3.05) is 7.11 Å². The Morgan fingerprint density at radius 3 is 2.46 bits per heavy atom. The summed E-state index contributed by atoms with van der Waals surface area (Å²) in [6.07, 6.45) is 0. The normalized spacial score (nSPS) is 10.1. The van der Waals surface area contributed by atoms with Gasteiger partial charge in [-0.1, -0.05) is 29.3 Å². The highest BCUT2D eigenvalue weighted by molar-refractivity contribution is 7.80. The maximum absolute atomic E-state index is 11.9. The van der Waals surface area contributed by atoms with Gasteiger partial charge in [0, 0.05) is 21.2 Å². The molecule has 0 spiro atoms. The van der Waals surface area contributed by atoms with Gasteiger partial charge in [0.25, 0.3) is 5.91 Å². The number of ether oxygens (including phenoxy) is 2. The molecular formula is C16H14Cl2N2O3S. The van der Waals surface area contributed by atoms with Gasteiger partial charge in [0.15, 0.2) is 16.6 Å². The number of benzene rings is 2. The van der Waals surface area contributed by atoms with Crippen LogP contribution in [0.15, 0.2) is 36.4 Å². The first kappa shape index (κ1) is 18.3. The third kappa shape index (κ3) is 4.50. The van der Waals surface area contributed by atoms with Crippen molar-refractivity contribution >= 4 is 46.4 Å². The summed E-state index contributed by atoms with van der Waals surface area (Å²) in [6, 6.07) is 9.91. The molecule has 0 aliphatic carbocycles. The Bertz CT molecular complexity index is 764. The van der Waals surface area contributed by atoms with Crippen LogP contribution in [0.25, 0.3) is 0 Å². The zero-order valence-electron chi connectivity index (χ0n) is 12.6. The second kappa shape index (κ2) is 8.19. The molecule has 5 nitrogen and oxygen atoms in total. The van der Waals surface area contributed by atoms with Crippen molar-refractivity contribution in [3.05, 3.63) is 57.6 Å². The smallest absolute Gasteiger partial charge is 0.257 e. The molecule has 0 atom stereocenters. The summed E-state index contributed by atoms with van der Waals surface area (Å²) in [5.74, 6) is 0.399. The molecule has 0 unspecified atom stereocenters.